The van der Waals surface area contributed by atoms with Crippen LogP contribution in [0.4, 0.5) is 0 Å². The fraction of sp³-hybridized carbons (Fsp3) is 0.533. The molecule has 0 radical (unpaired) electrons. The molecule has 4 nitrogen and oxygen atoms in total. The number of carbonyl (C=O) groups is 1. The molecule has 102 valence electrons. The van der Waals surface area contributed by atoms with Gasteiger partial charge in [-0.25, -0.2) is 0 Å². The Hall–Kier alpha value is -1.55. The van der Waals surface area contributed by atoms with Crippen LogP contribution in [0.5, 0.6) is 5.75 Å². The van der Waals surface area contributed by atoms with Crippen LogP contribution in [0.3, 0.4) is 0 Å². The maximum absolute atomic E-state index is 12.3. The molecule has 1 atom stereocenters. The van der Waals surface area contributed by atoms with Gasteiger partial charge in [-0.3, -0.25) is 4.79 Å². The minimum Gasteiger partial charge on any atom is -0.492 e. The Balaban J connectivity index is 1.65. The van der Waals surface area contributed by atoms with E-state index < -0.39 is 0 Å². The number of hydrogen-bond acceptors (Lipinski definition) is 3. The molecule has 2 N–H and O–H groups in total. The smallest absolute Gasteiger partial charge is 0.255 e. The van der Waals surface area contributed by atoms with Gasteiger partial charge in [-0.2, -0.15) is 0 Å². The van der Waals surface area contributed by atoms with Crippen LogP contribution in [0.15, 0.2) is 24.3 Å². The predicted molar refractivity (Wildman–Crippen MR) is 73.4 cm³/mol. The van der Waals surface area contributed by atoms with E-state index >= 15 is 0 Å². The predicted octanol–water partition coefficient (Wildman–Crippen LogP) is 1.57. The fourth-order valence-electron chi connectivity index (χ4n) is 2.31. The molecule has 3 rings (SSSR count). The Kier molecular flexibility index (Phi) is 3.69. The Bertz CT molecular complexity index is 451. The number of hydrogen-bond donors (Lipinski definition) is 2. The molecule has 1 aliphatic heterocycles. The third-order valence-electron chi connectivity index (χ3n) is 3.70. The van der Waals surface area contributed by atoms with Gasteiger partial charge >= 0.3 is 0 Å². The molecule has 1 saturated heterocycles. The maximum atomic E-state index is 12.3. The lowest BCUT2D eigenvalue weighted by Gasteiger charge is -2.14. The molecule has 1 aromatic rings. The standard InChI is InChI=1S/C15H20N2O2/c18-15(17-12-7-8-16-9-12)13-3-1-2-4-14(13)19-10-11-5-6-11/h1-4,11-12,16H,5-10H2,(H,17,18). The average molecular weight is 260 g/mol. The number of para-hydroxylation sites is 1. The van der Waals surface area contributed by atoms with Gasteiger partial charge in [0.05, 0.1) is 12.2 Å². The van der Waals surface area contributed by atoms with E-state index in [4.69, 9.17) is 4.74 Å². The summed E-state index contributed by atoms with van der Waals surface area (Å²) >= 11 is 0. The second-order valence-corrected chi connectivity index (χ2v) is 5.41. The van der Waals surface area contributed by atoms with Crippen molar-refractivity contribution in [2.24, 2.45) is 5.92 Å². The molecule has 2 fully saturated rings. The topological polar surface area (TPSA) is 50.4 Å². The van der Waals surface area contributed by atoms with Crippen molar-refractivity contribution in [3.05, 3.63) is 29.8 Å². The number of rotatable bonds is 5. The van der Waals surface area contributed by atoms with Gasteiger partial charge in [0.2, 0.25) is 0 Å². The number of benzene rings is 1. The SMILES string of the molecule is O=C(NC1CCNC1)c1ccccc1OCC1CC1. The fourth-order valence-corrected chi connectivity index (χ4v) is 2.31. The van der Waals surface area contributed by atoms with Crippen molar-refractivity contribution >= 4 is 5.91 Å². The highest BCUT2D eigenvalue weighted by Crippen LogP contribution is 2.30. The van der Waals surface area contributed by atoms with Gasteiger partial charge in [-0.15, -0.1) is 0 Å². The van der Waals surface area contributed by atoms with Gasteiger partial charge in [0.1, 0.15) is 5.75 Å². The van der Waals surface area contributed by atoms with E-state index in [0.29, 0.717) is 17.2 Å². The minimum atomic E-state index is -0.0277. The Morgan fingerprint density at radius 1 is 1.32 bits per heavy atom. The van der Waals surface area contributed by atoms with Gasteiger partial charge in [-0.1, -0.05) is 12.1 Å². The lowest BCUT2D eigenvalue weighted by Crippen LogP contribution is -2.36. The molecule has 2 aliphatic rings. The summed E-state index contributed by atoms with van der Waals surface area (Å²) in [6.45, 7) is 2.57. The lowest BCUT2D eigenvalue weighted by molar-refractivity contribution is 0.0935. The van der Waals surface area contributed by atoms with Crippen LogP contribution in [0, 0.1) is 5.92 Å². The summed E-state index contributed by atoms with van der Waals surface area (Å²) in [5.74, 6) is 1.37. The quantitative estimate of drug-likeness (QED) is 0.845. The first-order valence-electron chi connectivity index (χ1n) is 7.06. The van der Waals surface area contributed by atoms with Crippen LogP contribution in [-0.2, 0) is 0 Å². The van der Waals surface area contributed by atoms with E-state index in [9.17, 15) is 4.79 Å². The van der Waals surface area contributed by atoms with Crippen LogP contribution in [0.2, 0.25) is 0 Å². The second-order valence-electron chi connectivity index (χ2n) is 5.41. The molecule has 1 aliphatic carbocycles. The van der Waals surface area contributed by atoms with Crippen LogP contribution in [-0.4, -0.2) is 31.6 Å². The summed E-state index contributed by atoms with van der Waals surface area (Å²) in [7, 11) is 0. The first kappa shape index (κ1) is 12.5. The highest BCUT2D eigenvalue weighted by Gasteiger charge is 2.24. The Morgan fingerprint density at radius 2 is 2.16 bits per heavy atom. The van der Waals surface area contributed by atoms with Crippen LogP contribution in [0.25, 0.3) is 0 Å². The molecular weight excluding hydrogens is 240 g/mol. The molecule has 1 aromatic carbocycles. The molecule has 0 bridgehead atoms. The van der Waals surface area contributed by atoms with Crippen LogP contribution in [0.1, 0.15) is 29.6 Å². The van der Waals surface area contributed by atoms with Crippen LogP contribution >= 0.6 is 0 Å². The first-order chi connectivity index (χ1) is 9.33. The van der Waals surface area contributed by atoms with Crippen molar-refractivity contribution in [1.82, 2.24) is 10.6 Å². The summed E-state index contributed by atoms with van der Waals surface area (Å²) in [5, 5.41) is 6.30. The highest BCUT2D eigenvalue weighted by atomic mass is 16.5. The van der Waals surface area contributed by atoms with Crippen molar-refractivity contribution in [3.63, 3.8) is 0 Å². The van der Waals surface area contributed by atoms with Crippen molar-refractivity contribution in [1.29, 1.82) is 0 Å². The van der Waals surface area contributed by atoms with Crippen molar-refractivity contribution in [3.8, 4) is 5.75 Å². The van der Waals surface area contributed by atoms with Gasteiger partial charge in [0.15, 0.2) is 0 Å². The largest absolute Gasteiger partial charge is 0.492 e. The Morgan fingerprint density at radius 3 is 2.89 bits per heavy atom. The van der Waals surface area contributed by atoms with Gasteiger partial charge < -0.3 is 15.4 Å². The number of nitrogens with one attached hydrogen (secondary N) is 2. The normalized spacial score (nSPS) is 22.2. The maximum Gasteiger partial charge on any atom is 0.255 e. The minimum absolute atomic E-state index is 0.0277. The van der Waals surface area contributed by atoms with E-state index in [1.165, 1.54) is 12.8 Å². The highest BCUT2D eigenvalue weighted by molar-refractivity contribution is 5.97. The van der Waals surface area contributed by atoms with Crippen LogP contribution < -0.4 is 15.4 Å². The number of ether oxygens (including phenoxy) is 1. The van der Waals surface area contributed by atoms with E-state index in [1.807, 2.05) is 24.3 Å². The first-order valence-corrected chi connectivity index (χ1v) is 7.06. The van der Waals surface area contributed by atoms with E-state index in [-0.39, 0.29) is 11.9 Å². The molecule has 0 spiro atoms. The summed E-state index contributed by atoms with van der Waals surface area (Å²) in [4.78, 5) is 12.3. The molecule has 4 heteroatoms. The zero-order chi connectivity index (χ0) is 13.1. The second kappa shape index (κ2) is 5.61. The van der Waals surface area contributed by atoms with Crippen molar-refractivity contribution in [2.45, 2.75) is 25.3 Å². The molecule has 1 heterocycles. The summed E-state index contributed by atoms with van der Waals surface area (Å²) in [6.07, 6.45) is 3.50. The average Bonchev–Trinajstić information content (AvgIpc) is 3.13. The monoisotopic (exact) mass is 260 g/mol. The number of amides is 1. The van der Waals surface area contributed by atoms with Crippen molar-refractivity contribution in [2.75, 3.05) is 19.7 Å². The molecule has 0 aromatic heterocycles. The zero-order valence-electron chi connectivity index (χ0n) is 11.0. The Labute approximate surface area is 113 Å². The van der Waals surface area contributed by atoms with Crippen molar-refractivity contribution < 1.29 is 9.53 Å². The molecule has 19 heavy (non-hydrogen) atoms. The molecular formula is C15H20N2O2. The van der Waals surface area contributed by atoms with E-state index in [0.717, 1.165) is 26.1 Å². The zero-order valence-corrected chi connectivity index (χ0v) is 11.0. The van der Waals surface area contributed by atoms with Gasteiger partial charge in [0.25, 0.3) is 5.91 Å². The molecule has 1 amide bonds. The summed E-state index contributed by atoms with van der Waals surface area (Å²) in [5.41, 5.74) is 0.648. The molecule has 1 saturated carbocycles. The molecule has 1 unspecified atom stereocenters. The third kappa shape index (κ3) is 3.26. The van der Waals surface area contributed by atoms with Gasteiger partial charge in [0, 0.05) is 12.6 Å². The van der Waals surface area contributed by atoms with E-state index in [1.54, 1.807) is 0 Å². The lowest BCUT2D eigenvalue weighted by atomic mass is 10.1. The summed E-state index contributed by atoms with van der Waals surface area (Å²) < 4.78 is 5.77. The third-order valence-corrected chi connectivity index (χ3v) is 3.70. The van der Waals surface area contributed by atoms with Gasteiger partial charge in [-0.05, 0) is 43.9 Å². The number of carbonyl (C=O) groups excluding carboxylic acids is 1. The summed E-state index contributed by atoms with van der Waals surface area (Å²) in [6, 6.07) is 7.75. The van der Waals surface area contributed by atoms with E-state index in [2.05, 4.69) is 10.6 Å².